The number of sulfonamides is 1. The molecule has 32 heavy (non-hydrogen) atoms. The van der Waals surface area contributed by atoms with Gasteiger partial charge >= 0.3 is 6.18 Å². The molecule has 0 unspecified atom stereocenters. The van der Waals surface area contributed by atoms with Crippen molar-refractivity contribution in [3.8, 4) is 0 Å². The number of halogens is 3. The second kappa shape index (κ2) is 10.7. The van der Waals surface area contributed by atoms with Crippen LogP contribution in [0, 0.1) is 0 Å². The van der Waals surface area contributed by atoms with Crippen molar-refractivity contribution < 1.29 is 31.2 Å². The van der Waals surface area contributed by atoms with Crippen LogP contribution in [0.3, 0.4) is 0 Å². The van der Waals surface area contributed by atoms with Crippen LogP contribution >= 0.6 is 0 Å². The van der Waals surface area contributed by atoms with Crippen LogP contribution in [-0.4, -0.2) is 44.3 Å². The van der Waals surface area contributed by atoms with Crippen molar-refractivity contribution in [2.24, 2.45) is 0 Å². The second-order valence-electron chi connectivity index (χ2n) is 7.30. The summed E-state index contributed by atoms with van der Waals surface area (Å²) in [7, 11) is -3.83. The minimum absolute atomic E-state index is 0.00118. The highest BCUT2D eigenvalue weighted by Crippen LogP contribution is 2.19. The van der Waals surface area contributed by atoms with E-state index < -0.39 is 28.7 Å². The number of carbonyl (C=O) groups excluding carboxylic acids is 2. The number of amides is 1. The van der Waals surface area contributed by atoms with Gasteiger partial charge in [0.15, 0.2) is 5.78 Å². The lowest BCUT2D eigenvalue weighted by Crippen LogP contribution is -2.39. The maximum Gasteiger partial charge on any atom is 0.406 e. The molecule has 2 rings (SSSR count). The van der Waals surface area contributed by atoms with E-state index in [0.29, 0.717) is 24.0 Å². The number of nitrogens with one attached hydrogen (secondary N) is 1. The average Bonchev–Trinajstić information content (AvgIpc) is 2.74. The minimum Gasteiger partial charge on any atom is -0.330 e. The van der Waals surface area contributed by atoms with E-state index >= 15 is 0 Å². The number of unbranched alkanes of at least 4 members (excludes halogenated alkanes) is 1. The van der Waals surface area contributed by atoms with Gasteiger partial charge < -0.3 is 4.90 Å². The van der Waals surface area contributed by atoms with Crippen LogP contribution in [0.1, 0.15) is 53.0 Å². The molecule has 0 heterocycles. The normalized spacial score (nSPS) is 11.9. The van der Waals surface area contributed by atoms with Gasteiger partial charge in [0.25, 0.3) is 5.91 Å². The first-order valence-corrected chi connectivity index (χ1v) is 11.5. The fraction of sp³-hybridized carbons (Fsp3) is 0.364. The quantitative estimate of drug-likeness (QED) is 0.529. The SMILES string of the molecule is CCCCN(CC(F)(F)F)C(=O)c1ccc(CNS(=O)(=O)c2ccc(C(C)=O)cc2)cc1. The summed E-state index contributed by atoms with van der Waals surface area (Å²) in [5.74, 6) is -0.909. The van der Waals surface area contributed by atoms with Crippen molar-refractivity contribution in [2.45, 2.75) is 44.3 Å². The molecule has 10 heteroatoms. The number of nitrogens with zero attached hydrogens (tertiary/aromatic N) is 1. The number of rotatable bonds is 10. The fourth-order valence-corrected chi connectivity index (χ4v) is 3.91. The summed E-state index contributed by atoms with van der Waals surface area (Å²) in [5, 5.41) is 0. The molecule has 0 bridgehead atoms. The summed E-state index contributed by atoms with van der Waals surface area (Å²) in [5.41, 5.74) is 1.01. The Morgan fingerprint density at radius 1 is 0.969 bits per heavy atom. The number of carbonyl (C=O) groups is 2. The predicted octanol–water partition coefficient (Wildman–Crippen LogP) is 4.17. The number of hydrogen-bond donors (Lipinski definition) is 1. The average molecular weight is 471 g/mol. The molecule has 0 aliphatic heterocycles. The third kappa shape index (κ3) is 7.45. The van der Waals surface area contributed by atoms with Crippen LogP contribution in [-0.2, 0) is 16.6 Å². The first kappa shape index (κ1) is 25.5. The zero-order valence-electron chi connectivity index (χ0n) is 17.8. The van der Waals surface area contributed by atoms with Crippen molar-refractivity contribution in [2.75, 3.05) is 13.1 Å². The highest BCUT2D eigenvalue weighted by atomic mass is 32.2. The fourth-order valence-electron chi connectivity index (χ4n) is 2.90. The molecular formula is C22H25F3N2O4S. The molecule has 0 saturated heterocycles. The number of hydrogen-bond acceptors (Lipinski definition) is 4. The third-order valence-corrected chi connectivity index (χ3v) is 6.09. The van der Waals surface area contributed by atoms with Gasteiger partial charge in [-0.2, -0.15) is 13.2 Å². The summed E-state index contributed by atoms with van der Waals surface area (Å²) in [6, 6.07) is 11.2. The molecular weight excluding hydrogens is 445 g/mol. The topological polar surface area (TPSA) is 83.6 Å². The molecule has 0 atom stereocenters. The minimum atomic E-state index is -4.50. The molecule has 174 valence electrons. The van der Waals surface area contributed by atoms with Gasteiger partial charge in [0.05, 0.1) is 4.90 Å². The maximum absolute atomic E-state index is 12.8. The molecule has 2 aromatic rings. The van der Waals surface area contributed by atoms with E-state index in [9.17, 15) is 31.2 Å². The van der Waals surface area contributed by atoms with E-state index in [4.69, 9.17) is 0 Å². The van der Waals surface area contributed by atoms with E-state index in [0.717, 1.165) is 4.90 Å². The van der Waals surface area contributed by atoms with Gasteiger partial charge in [0, 0.05) is 24.2 Å². The van der Waals surface area contributed by atoms with Gasteiger partial charge in [0.1, 0.15) is 6.54 Å². The summed E-state index contributed by atoms with van der Waals surface area (Å²) in [6.45, 7) is 1.80. The van der Waals surface area contributed by atoms with E-state index in [1.807, 2.05) is 6.92 Å². The molecule has 6 nitrogen and oxygen atoms in total. The van der Waals surface area contributed by atoms with E-state index in [2.05, 4.69) is 4.72 Å². The van der Waals surface area contributed by atoms with Crippen LogP contribution in [0.25, 0.3) is 0 Å². The predicted molar refractivity (Wildman–Crippen MR) is 114 cm³/mol. The smallest absolute Gasteiger partial charge is 0.330 e. The monoisotopic (exact) mass is 470 g/mol. The van der Waals surface area contributed by atoms with Crippen LogP contribution in [0.4, 0.5) is 13.2 Å². The molecule has 0 aromatic heterocycles. The highest BCUT2D eigenvalue weighted by Gasteiger charge is 2.33. The van der Waals surface area contributed by atoms with Crippen molar-refractivity contribution in [3.05, 3.63) is 65.2 Å². The van der Waals surface area contributed by atoms with Crippen molar-refractivity contribution in [1.82, 2.24) is 9.62 Å². The maximum atomic E-state index is 12.8. The van der Waals surface area contributed by atoms with Gasteiger partial charge in [-0.05, 0) is 43.2 Å². The highest BCUT2D eigenvalue weighted by molar-refractivity contribution is 7.89. The van der Waals surface area contributed by atoms with E-state index in [1.54, 1.807) is 0 Å². The van der Waals surface area contributed by atoms with Gasteiger partial charge in [-0.15, -0.1) is 0 Å². The summed E-state index contributed by atoms with van der Waals surface area (Å²) >= 11 is 0. The summed E-state index contributed by atoms with van der Waals surface area (Å²) < 4.78 is 65.7. The zero-order chi connectivity index (χ0) is 23.9. The Kier molecular flexibility index (Phi) is 8.57. The van der Waals surface area contributed by atoms with Gasteiger partial charge in [-0.1, -0.05) is 37.6 Å². The van der Waals surface area contributed by atoms with E-state index in [-0.39, 0.29) is 29.3 Å². The lowest BCUT2D eigenvalue weighted by atomic mass is 10.1. The van der Waals surface area contributed by atoms with Crippen LogP contribution in [0.5, 0.6) is 0 Å². The Hall–Kier alpha value is -2.72. The van der Waals surface area contributed by atoms with Crippen molar-refractivity contribution in [3.63, 3.8) is 0 Å². The Bertz CT molecular complexity index is 1030. The van der Waals surface area contributed by atoms with Crippen LogP contribution in [0.15, 0.2) is 53.4 Å². The molecule has 0 spiro atoms. The second-order valence-corrected chi connectivity index (χ2v) is 9.06. The molecule has 2 aromatic carbocycles. The first-order valence-electron chi connectivity index (χ1n) is 9.98. The third-order valence-electron chi connectivity index (χ3n) is 4.68. The van der Waals surface area contributed by atoms with Gasteiger partial charge in [-0.25, -0.2) is 13.1 Å². The van der Waals surface area contributed by atoms with Crippen LogP contribution in [0.2, 0.25) is 0 Å². The molecule has 0 aliphatic carbocycles. The zero-order valence-corrected chi connectivity index (χ0v) is 18.6. The Balaban J connectivity index is 2.06. The number of benzene rings is 2. The number of ketones is 1. The molecule has 0 fully saturated rings. The first-order chi connectivity index (χ1) is 14.9. The van der Waals surface area contributed by atoms with Gasteiger partial charge in [-0.3, -0.25) is 9.59 Å². The van der Waals surface area contributed by atoms with Gasteiger partial charge in [0.2, 0.25) is 10.0 Å². The van der Waals surface area contributed by atoms with Crippen molar-refractivity contribution in [1.29, 1.82) is 0 Å². The number of Topliss-reactive ketones (excluding diaryl/α,β-unsaturated/α-hetero) is 1. The molecule has 1 N–H and O–H groups in total. The largest absolute Gasteiger partial charge is 0.406 e. The van der Waals surface area contributed by atoms with Crippen LogP contribution < -0.4 is 4.72 Å². The Labute approximate surface area is 185 Å². The van der Waals surface area contributed by atoms with Crippen molar-refractivity contribution >= 4 is 21.7 Å². The Morgan fingerprint density at radius 2 is 1.53 bits per heavy atom. The lowest BCUT2D eigenvalue weighted by Gasteiger charge is -2.24. The molecule has 0 radical (unpaired) electrons. The molecule has 1 amide bonds. The molecule has 0 saturated carbocycles. The summed E-state index contributed by atoms with van der Waals surface area (Å²) in [6.07, 6.45) is -3.39. The van der Waals surface area contributed by atoms with E-state index in [1.165, 1.54) is 55.5 Å². The summed E-state index contributed by atoms with van der Waals surface area (Å²) in [4.78, 5) is 24.6. The number of alkyl halides is 3. The standard InChI is InChI=1S/C22H25F3N2O4S/c1-3-4-13-27(15-22(23,24)25)21(29)19-7-5-17(6-8-19)14-26-32(30,31)20-11-9-18(10-12-20)16(2)28/h5-12,26H,3-4,13-15H2,1-2H3. The lowest BCUT2D eigenvalue weighted by molar-refractivity contribution is -0.140. The Morgan fingerprint density at radius 3 is 2.03 bits per heavy atom. The molecule has 0 aliphatic rings.